The number of carbonyl (C=O) groups excluding carboxylic acids is 2. The van der Waals surface area contributed by atoms with Crippen LogP contribution in [0.4, 0.5) is 0 Å². The maximum atomic E-state index is 13.1. The molecule has 2 amide bonds. The monoisotopic (exact) mass is 411 g/mol. The molecule has 1 saturated heterocycles. The average Bonchev–Trinajstić information content (AvgIpc) is 2.78. The van der Waals surface area contributed by atoms with E-state index in [0.717, 1.165) is 24.1 Å². The summed E-state index contributed by atoms with van der Waals surface area (Å²) in [7, 11) is 3.19. The normalized spacial score (nSPS) is 17.2. The smallest absolute Gasteiger partial charge is 0.227 e. The zero-order chi connectivity index (χ0) is 21.5. The highest BCUT2D eigenvalue weighted by Crippen LogP contribution is 2.30. The van der Waals surface area contributed by atoms with Gasteiger partial charge < -0.3 is 19.7 Å². The molecule has 1 aliphatic heterocycles. The van der Waals surface area contributed by atoms with E-state index in [1.54, 1.807) is 20.4 Å². The van der Waals surface area contributed by atoms with E-state index in [1.807, 2.05) is 41.3 Å². The predicted octanol–water partition coefficient (Wildman–Crippen LogP) is 2.76. The van der Waals surface area contributed by atoms with Gasteiger partial charge in [0, 0.05) is 37.7 Å². The van der Waals surface area contributed by atoms with Crippen molar-refractivity contribution in [3.05, 3.63) is 53.9 Å². The number of hydrogen-bond donors (Lipinski definition) is 1. The average molecular weight is 412 g/mol. The van der Waals surface area contributed by atoms with E-state index < -0.39 is 0 Å². The number of ether oxygens (including phenoxy) is 2. The molecule has 0 saturated carbocycles. The lowest BCUT2D eigenvalue weighted by Gasteiger charge is -2.37. The van der Waals surface area contributed by atoms with Crippen molar-refractivity contribution in [1.82, 2.24) is 15.2 Å². The largest absolute Gasteiger partial charge is 0.497 e. The molecule has 1 aromatic heterocycles. The third-order valence-corrected chi connectivity index (χ3v) is 5.48. The molecule has 0 unspecified atom stereocenters. The topological polar surface area (TPSA) is 80.8 Å². The van der Waals surface area contributed by atoms with Gasteiger partial charge in [0.1, 0.15) is 11.5 Å². The number of methoxy groups -OCH3 is 2. The Balaban J connectivity index is 1.75. The molecule has 2 atom stereocenters. The first-order chi connectivity index (χ1) is 14.5. The van der Waals surface area contributed by atoms with Crippen molar-refractivity contribution in [3.8, 4) is 11.5 Å². The number of nitrogens with zero attached hydrogens (tertiary/aromatic N) is 2. The number of hydrogen-bond acceptors (Lipinski definition) is 5. The van der Waals surface area contributed by atoms with Crippen LogP contribution in [0.1, 0.15) is 37.1 Å². The molecule has 1 N–H and O–H groups in total. The molecule has 7 heteroatoms. The van der Waals surface area contributed by atoms with E-state index in [-0.39, 0.29) is 30.2 Å². The molecule has 30 heavy (non-hydrogen) atoms. The van der Waals surface area contributed by atoms with E-state index in [9.17, 15) is 9.59 Å². The number of pyridine rings is 1. The minimum atomic E-state index is -0.217. The van der Waals surface area contributed by atoms with Gasteiger partial charge in [0.05, 0.1) is 32.4 Å². The van der Waals surface area contributed by atoms with Crippen LogP contribution in [0.5, 0.6) is 11.5 Å². The van der Waals surface area contributed by atoms with Crippen LogP contribution in [-0.2, 0) is 16.0 Å². The first-order valence-corrected chi connectivity index (χ1v) is 10.2. The molecule has 0 radical (unpaired) electrons. The van der Waals surface area contributed by atoms with E-state index in [0.29, 0.717) is 24.6 Å². The van der Waals surface area contributed by atoms with Crippen LogP contribution >= 0.6 is 0 Å². The summed E-state index contributed by atoms with van der Waals surface area (Å²) in [6, 6.07) is 10.9. The quantitative estimate of drug-likeness (QED) is 0.758. The second-order valence-corrected chi connectivity index (χ2v) is 7.53. The SMILES string of the molecule is COc1ccc(OC)c(CC(=O)N2CCC[C@@H]([C@H](NC(C)=O)c3ccccn3)C2)c1. The highest BCUT2D eigenvalue weighted by atomic mass is 16.5. The molecule has 1 aromatic carbocycles. The van der Waals surface area contributed by atoms with Crippen molar-refractivity contribution in [1.29, 1.82) is 0 Å². The maximum absolute atomic E-state index is 13.1. The summed E-state index contributed by atoms with van der Waals surface area (Å²) < 4.78 is 10.7. The highest BCUT2D eigenvalue weighted by molar-refractivity contribution is 5.80. The van der Waals surface area contributed by atoms with Gasteiger partial charge in [0.2, 0.25) is 11.8 Å². The van der Waals surface area contributed by atoms with Gasteiger partial charge in [0.25, 0.3) is 0 Å². The van der Waals surface area contributed by atoms with E-state index >= 15 is 0 Å². The molecule has 0 bridgehead atoms. The molecule has 0 spiro atoms. The molecule has 7 nitrogen and oxygen atoms in total. The Morgan fingerprint density at radius 1 is 1.23 bits per heavy atom. The number of aromatic nitrogens is 1. The Kier molecular flexibility index (Phi) is 7.27. The van der Waals surface area contributed by atoms with Crippen molar-refractivity contribution in [2.75, 3.05) is 27.3 Å². The predicted molar refractivity (Wildman–Crippen MR) is 113 cm³/mol. The van der Waals surface area contributed by atoms with Crippen LogP contribution in [0.15, 0.2) is 42.6 Å². The Hall–Kier alpha value is -3.09. The zero-order valence-electron chi connectivity index (χ0n) is 17.8. The van der Waals surface area contributed by atoms with Crippen LogP contribution in [-0.4, -0.2) is 49.0 Å². The third-order valence-electron chi connectivity index (χ3n) is 5.48. The van der Waals surface area contributed by atoms with Gasteiger partial charge in [-0.1, -0.05) is 6.07 Å². The summed E-state index contributed by atoms with van der Waals surface area (Å²) in [6.45, 7) is 2.79. The van der Waals surface area contributed by atoms with Crippen molar-refractivity contribution in [3.63, 3.8) is 0 Å². The summed E-state index contributed by atoms with van der Waals surface area (Å²) in [4.78, 5) is 31.2. The van der Waals surface area contributed by atoms with Gasteiger partial charge in [-0.15, -0.1) is 0 Å². The number of likely N-dealkylation sites (tertiary alicyclic amines) is 1. The number of benzene rings is 1. The fourth-order valence-electron chi connectivity index (χ4n) is 4.02. The number of amides is 2. The van der Waals surface area contributed by atoms with Crippen molar-refractivity contribution < 1.29 is 19.1 Å². The van der Waals surface area contributed by atoms with Crippen LogP contribution in [0.2, 0.25) is 0 Å². The molecule has 2 aromatic rings. The van der Waals surface area contributed by atoms with Gasteiger partial charge in [-0.3, -0.25) is 14.6 Å². The Morgan fingerprint density at radius 3 is 2.73 bits per heavy atom. The molecule has 0 aliphatic carbocycles. The number of carbonyl (C=O) groups is 2. The van der Waals surface area contributed by atoms with Crippen molar-refractivity contribution in [2.45, 2.75) is 32.2 Å². The zero-order valence-corrected chi connectivity index (χ0v) is 17.8. The minimum absolute atomic E-state index is 0.0360. The van der Waals surface area contributed by atoms with Crippen LogP contribution in [0.3, 0.4) is 0 Å². The summed E-state index contributed by atoms with van der Waals surface area (Å²) in [5, 5.41) is 3.03. The fourth-order valence-corrected chi connectivity index (χ4v) is 4.02. The van der Waals surface area contributed by atoms with Crippen LogP contribution in [0.25, 0.3) is 0 Å². The number of nitrogens with one attached hydrogen (secondary N) is 1. The summed E-state index contributed by atoms with van der Waals surface area (Å²) in [5.41, 5.74) is 1.62. The van der Waals surface area contributed by atoms with E-state index in [4.69, 9.17) is 9.47 Å². The number of piperidine rings is 1. The molecular formula is C23H29N3O4. The standard InChI is InChI=1S/C23H29N3O4/c1-16(27)25-23(20-8-4-5-11-24-20)17-7-6-12-26(15-17)22(28)14-18-13-19(29-2)9-10-21(18)30-3/h4-5,8-11,13,17,23H,6-7,12,14-15H2,1-3H3,(H,25,27)/t17-,23+/m1/s1. The first kappa shape index (κ1) is 21.6. The van der Waals surface area contributed by atoms with Crippen molar-refractivity contribution in [2.24, 2.45) is 5.92 Å². The van der Waals surface area contributed by atoms with Gasteiger partial charge in [-0.05, 0) is 43.2 Å². The molecule has 2 heterocycles. The third kappa shape index (κ3) is 5.28. The fraction of sp³-hybridized carbons (Fsp3) is 0.435. The lowest BCUT2D eigenvalue weighted by molar-refractivity contribution is -0.132. The van der Waals surface area contributed by atoms with Crippen LogP contribution < -0.4 is 14.8 Å². The lowest BCUT2D eigenvalue weighted by Crippen LogP contribution is -2.45. The van der Waals surface area contributed by atoms with Gasteiger partial charge in [-0.25, -0.2) is 0 Å². The maximum Gasteiger partial charge on any atom is 0.227 e. The van der Waals surface area contributed by atoms with E-state index in [2.05, 4.69) is 10.3 Å². The number of rotatable bonds is 7. The van der Waals surface area contributed by atoms with Crippen LogP contribution in [0, 0.1) is 5.92 Å². The van der Waals surface area contributed by atoms with Gasteiger partial charge >= 0.3 is 0 Å². The Labute approximate surface area is 177 Å². The van der Waals surface area contributed by atoms with Gasteiger partial charge in [0.15, 0.2) is 0 Å². The summed E-state index contributed by atoms with van der Waals surface area (Å²) >= 11 is 0. The van der Waals surface area contributed by atoms with E-state index in [1.165, 1.54) is 6.92 Å². The second-order valence-electron chi connectivity index (χ2n) is 7.53. The summed E-state index contributed by atoms with van der Waals surface area (Å²) in [5.74, 6) is 1.40. The first-order valence-electron chi connectivity index (χ1n) is 10.2. The van der Waals surface area contributed by atoms with Gasteiger partial charge in [-0.2, -0.15) is 0 Å². The molecule has 3 rings (SSSR count). The molecular weight excluding hydrogens is 382 g/mol. The second kappa shape index (κ2) is 10.1. The molecule has 1 fully saturated rings. The Morgan fingerprint density at radius 2 is 2.07 bits per heavy atom. The molecule has 160 valence electrons. The highest BCUT2D eigenvalue weighted by Gasteiger charge is 2.31. The lowest BCUT2D eigenvalue weighted by atomic mass is 9.88. The van der Waals surface area contributed by atoms with Crippen molar-refractivity contribution >= 4 is 11.8 Å². The Bertz CT molecular complexity index is 872. The molecule has 1 aliphatic rings. The minimum Gasteiger partial charge on any atom is -0.497 e. The summed E-state index contributed by atoms with van der Waals surface area (Å²) in [6.07, 6.45) is 3.77.